The van der Waals surface area contributed by atoms with E-state index in [0.717, 1.165) is 44.6 Å². The number of carbonyl (C=O) groups is 1. The van der Waals surface area contributed by atoms with Gasteiger partial charge in [0.05, 0.1) is 11.3 Å². The maximum absolute atomic E-state index is 13.2. The Morgan fingerprint density at radius 3 is 2.35 bits per heavy atom. The summed E-state index contributed by atoms with van der Waals surface area (Å²) in [6, 6.07) is 3.84. The van der Waals surface area contributed by atoms with Crippen LogP contribution in [0.5, 0.6) is 0 Å². The zero-order chi connectivity index (χ0) is 17.8. The number of likely N-dealkylation sites (tertiary alicyclic amines) is 1. The van der Waals surface area contributed by atoms with Crippen LogP contribution in [-0.4, -0.2) is 51.9 Å². The molecule has 2 aromatic rings. The predicted octanol–water partition coefficient (Wildman–Crippen LogP) is 3.16. The van der Waals surface area contributed by atoms with Gasteiger partial charge in [-0.15, -0.1) is 0 Å². The van der Waals surface area contributed by atoms with Gasteiger partial charge in [0.2, 0.25) is 5.95 Å². The van der Waals surface area contributed by atoms with E-state index in [2.05, 4.69) is 14.9 Å². The molecule has 4 rings (SSSR count). The average Bonchev–Trinajstić information content (AvgIpc) is 3.10. The Morgan fingerprint density at radius 2 is 1.65 bits per heavy atom. The number of hydrogen-bond donors (Lipinski definition) is 0. The third-order valence-electron chi connectivity index (χ3n) is 5.22. The maximum atomic E-state index is 13.2. The second-order valence-corrected chi connectivity index (χ2v) is 7.07. The molecular formula is C20H25N5O. The van der Waals surface area contributed by atoms with Crippen molar-refractivity contribution < 1.29 is 4.79 Å². The standard InChI is InChI=1S/C20H25N5O/c26-19(24-10-3-1-2-4-11-24)17-15-22-20(25-12-5-6-13-25)23-18(17)16-8-7-9-21-14-16/h7-9,14-15H,1-6,10-13H2. The van der Waals surface area contributed by atoms with Crippen molar-refractivity contribution in [3.63, 3.8) is 0 Å². The fourth-order valence-electron chi connectivity index (χ4n) is 3.77. The predicted molar refractivity (Wildman–Crippen MR) is 101 cm³/mol. The summed E-state index contributed by atoms with van der Waals surface area (Å²) in [6.45, 7) is 3.59. The van der Waals surface area contributed by atoms with Crippen molar-refractivity contribution in [3.05, 3.63) is 36.3 Å². The summed E-state index contributed by atoms with van der Waals surface area (Å²) in [7, 11) is 0. The van der Waals surface area contributed by atoms with Gasteiger partial charge in [0.15, 0.2) is 0 Å². The first kappa shape index (κ1) is 16.9. The van der Waals surface area contributed by atoms with Crippen molar-refractivity contribution in [2.24, 2.45) is 0 Å². The molecule has 4 heterocycles. The summed E-state index contributed by atoms with van der Waals surface area (Å²) in [5, 5.41) is 0. The molecule has 0 aromatic carbocycles. The van der Waals surface area contributed by atoms with Crippen LogP contribution in [-0.2, 0) is 0 Å². The van der Waals surface area contributed by atoms with E-state index >= 15 is 0 Å². The first-order valence-corrected chi connectivity index (χ1v) is 9.64. The molecule has 2 aliphatic rings. The second kappa shape index (κ2) is 7.81. The molecule has 2 saturated heterocycles. The van der Waals surface area contributed by atoms with E-state index in [1.807, 2.05) is 17.0 Å². The van der Waals surface area contributed by atoms with E-state index in [4.69, 9.17) is 4.98 Å². The van der Waals surface area contributed by atoms with Crippen molar-refractivity contribution >= 4 is 11.9 Å². The lowest BCUT2D eigenvalue weighted by Crippen LogP contribution is -2.32. The molecule has 6 heteroatoms. The molecule has 2 fully saturated rings. The maximum Gasteiger partial charge on any atom is 0.257 e. The minimum absolute atomic E-state index is 0.0405. The molecule has 0 N–H and O–H groups in total. The smallest absolute Gasteiger partial charge is 0.257 e. The number of anilines is 1. The Hall–Kier alpha value is -2.50. The zero-order valence-electron chi connectivity index (χ0n) is 15.1. The number of aromatic nitrogens is 3. The fraction of sp³-hybridized carbons (Fsp3) is 0.500. The van der Waals surface area contributed by atoms with Gasteiger partial charge in [0, 0.05) is 50.3 Å². The van der Waals surface area contributed by atoms with Crippen molar-refractivity contribution in [1.82, 2.24) is 19.9 Å². The van der Waals surface area contributed by atoms with E-state index < -0.39 is 0 Å². The number of amides is 1. The van der Waals surface area contributed by atoms with Gasteiger partial charge in [0.25, 0.3) is 5.91 Å². The highest BCUT2D eigenvalue weighted by atomic mass is 16.2. The highest BCUT2D eigenvalue weighted by Crippen LogP contribution is 2.26. The number of carbonyl (C=O) groups excluding carboxylic acids is 1. The minimum Gasteiger partial charge on any atom is -0.341 e. The largest absolute Gasteiger partial charge is 0.341 e. The molecule has 0 saturated carbocycles. The van der Waals surface area contributed by atoms with Crippen LogP contribution in [0.2, 0.25) is 0 Å². The molecule has 0 aliphatic carbocycles. The molecular weight excluding hydrogens is 326 g/mol. The molecule has 0 radical (unpaired) electrons. The topological polar surface area (TPSA) is 62.2 Å². The lowest BCUT2D eigenvalue weighted by molar-refractivity contribution is 0.0761. The highest BCUT2D eigenvalue weighted by Gasteiger charge is 2.24. The molecule has 2 aliphatic heterocycles. The number of hydrogen-bond acceptors (Lipinski definition) is 5. The molecule has 0 bridgehead atoms. The molecule has 0 spiro atoms. The van der Waals surface area contributed by atoms with Gasteiger partial charge in [-0.1, -0.05) is 12.8 Å². The van der Waals surface area contributed by atoms with Gasteiger partial charge in [-0.2, -0.15) is 0 Å². The number of rotatable bonds is 3. The van der Waals surface area contributed by atoms with Crippen LogP contribution in [0.3, 0.4) is 0 Å². The van der Waals surface area contributed by atoms with E-state index in [1.165, 1.54) is 25.7 Å². The Bertz CT molecular complexity index is 750. The van der Waals surface area contributed by atoms with Gasteiger partial charge in [0.1, 0.15) is 0 Å². The summed E-state index contributed by atoms with van der Waals surface area (Å²) in [5.41, 5.74) is 2.15. The second-order valence-electron chi connectivity index (χ2n) is 7.07. The fourth-order valence-corrected chi connectivity index (χ4v) is 3.77. The minimum atomic E-state index is 0.0405. The molecule has 0 unspecified atom stereocenters. The van der Waals surface area contributed by atoms with Crippen LogP contribution in [0.4, 0.5) is 5.95 Å². The highest BCUT2D eigenvalue weighted by molar-refractivity contribution is 5.99. The monoisotopic (exact) mass is 351 g/mol. The van der Waals surface area contributed by atoms with Crippen molar-refractivity contribution in [3.8, 4) is 11.3 Å². The van der Waals surface area contributed by atoms with E-state index in [1.54, 1.807) is 18.6 Å². The van der Waals surface area contributed by atoms with E-state index in [9.17, 15) is 4.79 Å². The Balaban J connectivity index is 1.71. The van der Waals surface area contributed by atoms with Gasteiger partial charge >= 0.3 is 0 Å². The van der Waals surface area contributed by atoms with Gasteiger partial charge in [-0.25, -0.2) is 9.97 Å². The quantitative estimate of drug-likeness (QED) is 0.850. The Morgan fingerprint density at radius 1 is 0.923 bits per heavy atom. The van der Waals surface area contributed by atoms with Crippen LogP contribution in [0, 0.1) is 0 Å². The number of pyridine rings is 1. The van der Waals surface area contributed by atoms with Gasteiger partial charge in [-0.05, 0) is 37.8 Å². The molecule has 0 atom stereocenters. The molecule has 136 valence electrons. The summed E-state index contributed by atoms with van der Waals surface area (Å²) < 4.78 is 0. The van der Waals surface area contributed by atoms with Gasteiger partial charge < -0.3 is 9.80 Å². The third kappa shape index (κ3) is 3.54. The van der Waals surface area contributed by atoms with Crippen molar-refractivity contribution in [2.75, 3.05) is 31.1 Å². The molecule has 2 aromatic heterocycles. The SMILES string of the molecule is O=C(c1cnc(N2CCCC2)nc1-c1cccnc1)N1CCCCCC1. The van der Waals surface area contributed by atoms with Crippen LogP contribution >= 0.6 is 0 Å². The van der Waals surface area contributed by atoms with Crippen LogP contribution in [0.25, 0.3) is 11.3 Å². The third-order valence-corrected chi connectivity index (χ3v) is 5.22. The molecule has 6 nitrogen and oxygen atoms in total. The number of nitrogens with zero attached hydrogens (tertiary/aromatic N) is 5. The van der Waals surface area contributed by atoms with E-state index in [-0.39, 0.29) is 5.91 Å². The summed E-state index contributed by atoms with van der Waals surface area (Å²) in [6.07, 6.45) is 12.1. The summed E-state index contributed by atoms with van der Waals surface area (Å²) in [5.74, 6) is 0.757. The van der Waals surface area contributed by atoms with Crippen LogP contribution in [0.1, 0.15) is 48.9 Å². The first-order chi connectivity index (χ1) is 12.8. The van der Waals surface area contributed by atoms with Crippen molar-refractivity contribution in [2.45, 2.75) is 38.5 Å². The summed E-state index contributed by atoms with van der Waals surface area (Å²) >= 11 is 0. The first-order valence-electron chi connectivity index (χ1n) is 9.64. The summed E-state index contributed by atoms with van der Waals surface area (Å²) in [4.78, 5) is 30.9. The molecule has 1 amide bonds. The average molecular weight is 351 g/mol. The van der Waals surface area contributed by atoms with Gasteiger partial charge in [-0.3, -0.25) is 9.78 Å². The lowest BCUT2D eigenvalue weighted by atomic mass is 10.1. The normalized spacial score (nSPS) is 18.0. The van der Waals surface area contributed by atoms with E-state index in [0.29, 0.717) is 17.2 Å². The Kier molecular flexibility index (Phi) is 5.09. The molecule has 26 heavy (non-hydrogen) atoms. The Labute approximate surface area is 154 Å². The van der Waals surface area contributed by atoms with Crippen LogP contribution in [0.15, 0.2) is 30.7 Å². The zero-order valence-corrected chi connectivity index (χ0v) is 15.1. The lowest BCUT2D eigenvalue weighted by Gasteiger charge is -2.22. The van der Waals surface area contributed by atoms with Crippen LogP contribution < -0.4 is 4.90 Å². The van der Waals surface area contributed by atoms with Crippen molar-refractivity contribution in [1.29, 1.82) is 0 Å².